The van der Waals surface area contributed by atoms with Crippen LogP contribution < -0.4 is 0 Å². The second kappa shape index (κ2) is 6.91. The molecule has 19 heavy (non-hydrogen) atoms. The van der Waals surface area contributed by atoms with E-state index in [0.717, 1.165) is 0 Å². The van der Waals surface area contributed by atoms with Crippen molar-refractivity contribution in [2.24, 2.45) is 5.92 Å². The van der Waals surface area contributed by atoms with Crippen molar-refractivity contribution in [1.29, 1.82) is 0 Å². The summed E-state index contributed by atoms with van der Waals surface area (Å²) >= 11 is 3.83. The highest BCUT2D eigenvalue weighted by Crippen LogP contribution is 2.34. The molecule has 2 aromatic carbocycles. The molecule has 0 amide bonds. The topological polar surface area (TPSA) is 0 Å². The molecule has 2 rings (SSSR count). The van der Waals surface area contributed by atoms with Gasteiger partial charge < -0.3 is 0 Å². The molecule has 0 heterocycles. The van der Waals surface area contributed by atoms with Crippen LogP contribution in [0.4, 0.5) is 0 Å². The lowest BCUT2D eigenvalue weighted by Crippen LogP contribution is -2.02. The van der Waals surface area contributed by atoms with Crippen LogP contribution in [-0.4, -0.2) is 0 Å². The Bertz CT molecular complexity index is 487. The monoisotopic (exact) mass is 316 g/mol. The standard InChI is InChI=1S/C18H21Br/c1-3-7-14(2)18(19)17-12-10-16(11-13-17)15-8-5-4-6-9-15/h4-6,8-14,18H,3,7H2,1-2H3. The first-order chi connectivity index (χ1) is 9.22. The molecule has 100 valence electrons. The molecule has 0 aliphatic rings. The Kier molecular flexibility index (Phi) is 5.21. The summed E-state index contributed by atoms with van der Waals surface area (Å²) < 4.78 is 0. The normalized spacial score (nSPS) is 14.1. The lowest BCUT2D eigenvalue weighted by atomic mass is 9.95. The zero-order valence-electron chi connectivity index (χ0n) is 11.6. The van der Waals surface area contributed by atoms with E-state index >= 15 is 0 Å². The van der Waals surface area contributed by atoms with Gasteiger partial charge in [0.25, 0.3) is 0 Å². The minimum Gasteiger partial charge on any atom is -0.0836 e. The van der Waals surface area contributed by atoms with E-state index in [1.54, 1.807) is 0 Å². The molecule has 0 radical (unpaired) electrons. The van der Waals surface area contributed by atoms with Crippen molar-refractivity contribution in [2.45, 2.75) is 31.5 Å². The van der Waals surface area contributed by atoms with E-state index in [2.05, 4.69) is 84.4 Å². The van der Waals surface area contributed by atoms with Crippen LogP contribution in [0.25, 0.3) is 11.1 Å². The molecule has 0 saturated carbocycles. The van der Waals surface area contributed by atoms with Crippen molar-refractivity contribution in [1.82, 2.24) is 0 Å². The summed E-state index contributed by atoms with van der Waals surface area (Å²) in [5.41, 5.74) is 3.94. The second-order valence-electron chi connectivity index (χ2n) is 5.16. The van der Waals surface area contributed by atoms with Crippen LogP contribution in [0.15, 0.2) is 54.6 Å². The van der Waals surface area contributed by atoms with Gasteiger partial charge in [-0.1, -0.05) is 90.8 Å². The molecular weight excluding hydrogens is 296 g/mol. The average Bonchev–Trinajstić information content (AvgIpc) is 2.48. The largest absolute Gasteiger partial charge is 0.0836 e. The molecule has 0 spiro atoms. The predicted molar refractivity (Wildman–Crippen MR) is 87.6 cm³/mol. The van der Waals surface area contributed by atoms with Crippen molar-refractivity contribution < 1.29 is 0 Å². The highest BCUT2D eigenvalue weighted by atomic mass is 79.9. The van der Waals surface area contributed by atoms with E-state index in [0.29, 0.717) is 10.7 Å². The molecule has 0 bridgehead atoms. The fourth-order valence-electron chi connectivity index (χ4n) is 2.42. The highest BCUT2D eigenvalue weighted by Gasteiger charge is 2.15. The highest BCUT2D eigenvalue weighted by molar-refractivity contribution is 9.09. The Hall–Kier alpha value is -1.08. The molecule has 0 nitrogen and oxygen atoms in total. The van der Waals surface area contributed by atoms with E-state index in [1.165, 1.54) is 29.5 Å². The summed E-state index contributed by atoms with van der Waals surface area (Å²) in [6.07, 6.45) is 2.50. The minimum absolute atomic E-state index is 0.456. The number of halogens is 1. The number of hydrogen-bond donors (Lipinski definition) is 0. The summed E-state index contributed by atoms with van der Waals surface area (Å²) in [6, 6.07) is 19.5. The Morgan fingerprint density at radius 3 is 2.05 bits per heavy atom. The third-order valence-corrected chi connectivity index (χ3v) is 5.01. The molecule has 0 N–H and O–H groups in total. The molecule has 2 unspecified atom stereocenters. The van der Waals surface area contributed by atoms with Gasteiger partial charge in [0.2, 0.25) is 0 Å². The summed E-state index contributed by atoms with van der Waals surface area (Å²) in [6.45, 7) is 4.56. The van der Waals surface area contributed by atoms with Gasteiger partial charge in [0.1, 0.15) is 0 Å². The lowest BCUT2D eigenvalue weighted by molar-refractivity contribution is 0.519. The quantitative estimate of drug-likeness (QED) is 0.574. The first-order valence-corrected chi connectivity index (χ1v) is 7.93. The maximum absolute atomic E-state index is 3.83. The second-order valence-corrected chi connectivity index (χ2v) is 6.14. The zero-order chi connectivity index (χ0) is 13.7. The van der Waals surface area contributed by atoms with Crippen LogP contribution >= 0.6 is 15.9 Å². The van der Waals surface area contributed by atoms with Crippen LogP contribution in [0.2, 0.25) is 0 Å². The maximum Gasteiger partial charge on any atom is 0.0420 e. The van der Waals surface area contributed by atoms with E-state index in [9.17, 15) is 0 Å². The Labute approximate surface area is 125 Å². The van der Waals surface area contributed by atoms with Gasteiger partial charge in [0, 0.05) is 4.83 Å². The first kappa shape index (κ1) is 14.3. The first-order valence-electron chi connectivity index (χ1n) is 7.01. The number of rotatable bonds is 5. The van der Waals surface area contributed by atoms with Gasteiger partial charge in [0.15, 0.2) is 0 Å². The third-order valence-electron chi connectivity index (χ3n) is 3.58. The zero-order valence-corrected chi connectivity index (χ0v) is 13.2. The number of hydrogen-bond acceptors (Lipinski definition) is 0. The molecule has 2 aromatic rings. The van der Waals surface area contributed by atoms with Gasteiger partial charge in [-0.25, -0.2) is 0 Å². The Morgan fingerprint density at radius 2 is 1.47 bits per heavy atom. The molecule has 0 fully saturated rings. The van der Waals surface area contributed by atoms with Crippen molar-refractivity contribution in [3.05, 3.63) is 60.2 Å². The van der Waals surface area contributed by atoms with E-state index < -0.39 is 0 Å². The molecule has 0 aliphatic heterocycles. The van der Waals surface area contributed by atoms with Crippen molar-refractivity contribution >= 4 is 15.9 Å². The molecule has 2 atom stereocenters. The predicted octanol–water partition coefficient (Wildman–Crippen LogP) is 6.23. The van der Waals surface area contributed by atoms with Gasteiger partial charge in [-0.3, -0.25) is 0 Å². The van der Waals surface area contributed by atoms with Crippen molar-refractivity contribution in [2.75, 3.05) is 0 Å². The third kappa shape index (κ3) is 3.70. The van der Waals surface area contributed by atoms with Gasteiger partial charge in [-0.05, 0) is 29.0 Å². The van der Waals surface area contributed by atoms with Crippen LogP contribution in [0.3, 0.4) is 0 Å². The van der Waals surface area contributed by atoms with Crippen LogP contribution in [0.5, 0.6) is 0 Å². The molecule has 0 saturated heterocycles. The van der Waals surface area contributed by atoms with Gasteiger partial charge >= 0.3 is 0 Å². The summed E-state index contributed by atoms with van der Waals surface area (Å²) in [5, 5.41) is 0. The fraction of sp³-hybridized carbons (Fsp3) is 0.333. The van der Waals surface area contributed by atoms with Crippen LogP contribution in [0.1, 0.15) is 37.1 Å². The number of alkyl halides is 1. The van der Waals surface area contributed by atoms with E-state index in [1.807, 2.05) is 0 Å². The molecule has 0 aromatic heterocycles. The smallest absolute Gasteiger partial charge is 0.0420 e. The van der Waals surface area contributed by atoms with Gasteiger partial charge in [-0.15, -0.1) is 0 Å². The Morgan fingerprint density at radius 1 is 0.895 bits per heavy atom. The fourth-order valence-corrected chi connectivity index (χ4v) is 2.99. The van der Waals surface area contributed by atoms with Crippen molar-refractivity contribution in [3.63, 3.8) is 0 Å². The van der Waals surface area contributed by atoms with Gasteiger partial charge in [-0.2, -0.15) is 0 Å². The molecule has 1 heteroatoms. The van der Waals surface area contributed by atoms with Crippen LogP contribution in [0, 0.1) is 5.92 Å². The van der Waals surface area contributed by atoms with E-state index in [4.69, 9.17) is 0 Å². The maximum atomic E-state index is 3.83. The molecular formula is C18H21Br. The summed E-state index contributed by atoms with van der Waals surface area (Å²) in [7, 11) is 0. The number of benzene rings is 2. The average molecular weight is 317 g/mol. The molecule has 0 aliphatic carbocycles. The van der Waals surface area contributed by atoms with Gasteiger partial charge in [0.05, 0.1) is 0 Å². The summed E-state index contributed by atoms with van der Waals surface area (Å²) in [5.74, 6) is 0.674. The minimum atomic E-state index is 0.456. The summed E-state index contributed by atoms with van der Waals surface area (Å²) in [4.78, 5) is 0.456. The van der Waals surface area contributed by atoms with Crippen LogP contribution in [-0.2, 0) is 0 Å². The Balaban J connectivity index is 2.15. The van der Waals surface area contributed by atoms with Crippen molar-refractivity contribution in [3.8, 4) is 11.1 Å². The SMILES string of the molecule is CCCC(C)C(Br)c1ccc(-c2ccccc2)cc1. The van der Waals surface area contributed by atoms with E-state index in [-0.39, 0.29) is 0 Å². The lowest BCUT2D eigenvalue weighted by Gasteiger charge is -2.18.